The van der Waals surface area contributed by atoms with Gasteiger partial charge < -0.3 is 4.57 Å². The average Bonchev–Trinajstić information content (AvgIpc) is 3.02. The normalized spacial score (nSPS) is 17.1. The van der Waals surface area contributed by atoms with Crippen LogP contribution in [0, 0.1) is 6.92 Å². The second kappa shape index (κ2) is 4.93. The molecule has 0 N–H and O–H groups in total. The number of nitrogens with zero attached hydrogens (tertiary/aromatic N) is 3. The van der Waals surface area contributed by atoms with Gasteiger partial charge in [0.2, 0.25) is 5.91 Å². The standard InChI is InChI=1S/C16H21N3O/c1-4-12(3)19-10-11(2)13-7-8-14(17-16(13)19)18-9-5-6-15(18)20/h7-8,10,12H,4-6,9H2,1-3H3. The molecule has 3 heterocycles. The Hall–Kier alpha value is -1.84. The molecule has 1 saturated heterocycles. The molecule has 4 nitrogen and oxygen atoms in total. The van der Waals surface area contributed by atoms with E-state index in [1.165, 1.54) is 10.9 Å². The van der Waals surface area contributed by atoms with Crippen LogP contribution in [0.3, 0.4) is 0 Å². The second-order valence-electron chi connectivity index (χ2n) is 5.67. The van der Waals surface area contributed by atoms with Crippen LogP contribution in [0.1, 0.15) is 44.7 Å². The summed E-state index contributed by atoms with van der Waals surface area (Å²) in [6, 6.07) is 4.49. The van der Waals surface area contributed by atoms with Crippen LogP contribution < -0.4 is 4.90 Å². The molecular formula is C16H21N3O. The van der Waals surface area contributed by atoms with Crippen molar-refractivity contribution in [2.75, 3.05) is 11.4 Å². The van der Waals surface area contributed by atoms with Gasteiger partial charge in [0, 0.05) is 30.6 Å². The molecule has 0 radical (unpaired) electrons. The zero-order valence-corrected chi connectivity index (χ0v) is 12.4. The molecule has 20 heavy (non-hydrogen) atoms. The molecule has 2 aromatic rings. The smallest absolute Gasteiger partial charge is 0.228 e. The summed E-state index contributed by atoms with van der Waals surface area (Å²) in [6.45, 7) is 7.29. The van der Waals surface area contributed by atoms with Crippen LogP contribution in [-0.2, 0) is 4.79 Å². The minimum absolute atomic E-state index is 0.190. The molecule has 1 fully saturated rings. The van der Waals surface area contributed by atoms with Crippen LogP contribution in [0.2, 0.25) is 0 Å². The van der Waals surface area contributed by atoms with Gasteiger partial charge in [-0.3, -0.25) is 9.69 Å². The Morgan fingerprint density at radius 1 is 1.40 bits per heavy atom. The number of anilines is 1. The third-order valence-electron chi connectivity index (χ3n) is 4.28. The lowest BCUT2D eigenvalue weighted by molar-refractivity contribution is -0.117. The first-order valence-electron chi connectivity index (χ1n) is 7.40. The summed E-state index contributed by atoms with van der Waals surface area (Å²) in [5.41, 5.74) is 2.24. The van der Waals surface area contributed by atoms with Crippen molar-refractivity contribution >= 4 is 22.8 Å². The molecule has 0 aliphatic carbocycles. The van der Waals surface area contributed by atoms with Gasteiger partial charge >= 0.3 is 0 Å². The molecule has 0 bridgehead atoms. The highest BCUT2D eigenvalue weighted by Gasteiger charge is 2.23. The number of amides is 1. The maximum Gasteiger partial charge on any atom is 0.228 e. The van der Waals surface area contributed by atoms with Crippen molar-refractivity contribution in [1.29, 1.82) is 0 Å². The van der Waals surface area contributed by atoms with Gasteiger partial charge in [0.15, 0.2) is 0 Å². The highest BCUT2D eigenvalue weighted by Crippen LogP contribution is 2.28. The fourth-order valence-corrected chi connectivity index (χ4v) is 2.86. The van der Waals surface area contributed by atoms with Crippen molar-refractivity contribution in [1.82, 2.24) is 9.55 Å². The van der Waals surface area contributed by atoms with E-state index in [-0.39, 0.29) is 5.91 Å². The number of carbonyl (C=O) groups is 1. The van der Waals surface area contributed by atoms with Crippen molar-refractivity contribution in [3.63, 3.8) is 0 Å². The summed E-state index contributed by atoms with van der Waals surface area (Å²) in [6.07, 6.45) is 4.81. The predicted molar refractivity (Wildman–Crippen MR) is 81.1 cm³/mol. The highest BCUT2D eigenvalue weighted by molar-refractivity contribution is 5.95. The second-order valence-corrected chi connectivity index (χ2v) is 5.67. The van der Waals surface area contributed by atoms with E-state index in [0.717, 1.165) is 30.9 Å². The Labute approximate surface area is 119 Å². The van der Waals surface area contributed by atoms with Gasteiger partial charge in [0.25, 0.3) is 0 Å². The van der Waals surface area contributed by atoms with E-state index in [0.29, 0.717) is 12.5 Å². The molecule has 1 atom stereocenters. The zero-order valence-electron chi connectivity index (χ0n) is 12.4. The Bertz CT molecular complexity index is 659. The van der Waals surface area contributed by atoms with Gasteiger partial charge in [-0.25, -0.2) is 4.98 Å². The summed E-state index contributed by atoms with van der Waals surface area (Å²) in [5, 5.41) is 1.18. The lowest BCUT2D eigenvalue weighted by Gasteiger charge is -2.16. The molecule has 0 aromatic carbocycles. The van der Waals surface area contributed by atoms with Gasteiger partial charge in [-0.05, 0) is 44.4 Å². The van der Waals surface area contributed by atoms with Crippen LogP contribution in [0.4, 0.5) is 5.82 Å². The fraction of sp³-hybridized carbons (Fsp3) is 0.500. The Morgan fingerprint density at radius 3 is 2.85 bits per heavy atom. The summed E-state index contributed by atoms with van der Waals surface area (Å²) >= 11 is 0. The van der Waals surface area contributed by atoms with Crippen molar-refractivity contribution in [2.45, 2.75) is 46.1 Å². The summed E-state index contributed by atoms with van der Waals surface area (Å²) < 4.78 is 2.23. The maximum absolute atomic E-state index is 11.9. The summed E-state index contributed by atoms with van der Waals surface area (Å²) in [4.78, 5) is 18.4. The minimum Gasteiger partial charge on any atom is -0.329 e. The summed E-state index contributed by atoms with van der Waals surface area (Å²) in [7, 11) is 0. The molecule has 4 heteroatoms. The number of carbonyl (C=O) groups excluding carboxylic acids is 1. The van der Waals surface area contributed by atoms with Gasteiger partial charge in [-0.15, -0.1) is 0 Å². The third kappa shape index (κ3) is 1.99. The van der Waals surface area contributed by atoms with E-state index >= 15 is 0 Å². The lowest BCUT2D eigenvalue weighted by Crippen LogP contribution is -2.24. The number of pyridine rings is 1. The molecule has 0 saturated carbocycles. The molecule has 1 aliphatic heterocycles. The lowest BCUT2D eigenvalue weighted by atomic mass is 10.2. The number of hydrogen-bond acceptors (Lipinski definition) is 2. The number of aryl methyl sites for hydroxylation is 1. The minimum atomic E-state index is 0.190. The maximum atomic E-state index is 11.9. The van der Waals surface area contributed by atoms with Crippen molar-refractivity contribution in [3.8, 4) is 0 Å². The zero-order chi connectivity index (χ0) is 14.3. The monoisotopic (exact) mass is 271 g/mol. The van der Waals surface area contributed by atoms with Crippen LogP contribution in [0.25, 0.3) is 11.0 Å². The SMILES string of the molecule is CCC(C)n1cc(C)c2ccc(N3CCCC3=O)nc21. The van der Waals surface area contributed by atoms with E-state index in [1.807, 2.05) is 11.0 Å². The molecular weight excluding hydrogens is 250 g/mol. The average molecular weight is 271 g/mol. The third-order valence-corrected chi connectivity index (χ3v) is 4.28. The molecule has 3 rings (SSSR count). The summed E-state index contributed by atoms with van der Waals surface area (Å²) in [5.74, 6) is 0.984. The van der Waals surface area contributed by atoms with Crippen molar-refractivity contribution < 1.29 is 4.79 Å². The molecule has 1 unspecified atom stereocenters. The fourth-order valence-electron chi connectivity index (χ4n) is 2.86. The van der Waals surface area contributed by atoms with Crippen molar-refractivity contribution in [2.24, 2.45) is 0 Å². The number of rotatable bonds is 3. The van der Waals surface area contributed by atoms with Crippen LogP contribution in [0.5, 0.6) is 0 Å². The Morgan fingerprint density at radius 2 is 2.20 bits per heavy atom. The first-order chi connectivity index (χ1) is 9.61. The van der Waals surface area contributed by atoms with E-state index < -0.39 is 0 Å². The topological polar surface area (TPSA) is 38.1 Å². The van der Waals surface area contributed by atoms with Crippen LogP contribution in [-0.4, -0.2) is 22.0 Å². The van der Waals surface area contributed by atoms with E-state index in [9.17, 15) is 4.79 Å². The molecule has 1 aliphatic rings. The van der Waals surface area contributed by atoms with E-state index in [2.05, 4.69) is 37.6 Å². The molecule has 2 aromatic heterocycles. The van der Waals surface area contributed by atoms with Gasteiger partial charge in [-0.2, -0.15) is 0 Å². The molecule has 1 amide bonds. The van der Waals surface area contributed by atoms with Gasteiger partial charge in [-0.1, -0.05) is 6.92 Å². The van der Waals surface area contributed by atoms with Gasteiger partial charge in [0.1, 0.15) is 11.5 Å². The Balaban J connectivity index is 2.11. The molecule has 0 spiro atoms. The Kier molecular flexibility index (Phi) is 3.24. The van der Waals surface area contributed by atoms with Crippen LogP contribution >= 0.6 is 0 Å². The quantitative estimate of drug-likeness (QED) is 0.857. The van der Waals surface area contributed by atoms with E-state index in [1.54, 1.807) is 0 Å². The first kappa shape index (κ1) is 13.2. The first-order valence-corrected chi connectivity index (χ1v) is 7.40. The number of fused-ring (bicyclic) bond motifs is 1. The largest absolute Gasteiger partial charge is 0.329 e. The predicted octanol–water partition coefficient (Wildman–Crippen LogP) is 3.44. The van der Waals surface area contributed by atoms with Crippen molar-refractivity contribution in [3.05, 3.63) is 23.9 Å². The van der Waals surface area contributed by atoms with Crippen LogP contribution in [0.15, 0.2) is 18.3 Å². The number of hydrogen-bond donors (Lipinski definition) is 0. The highest BCUT2D eigenvalue weighted by atomic mass is 16.2. The number of aromatic nitrogens is 2. The van der Waals surface area contributed by atoms with E-state index in [4.69, 9.17) is 4.98 Å². The van der Waals surface area contributed by atoms with Gasteiger partial charge in [0.05, 0.1) is 0 Å². The molecule has 106 valence electrons.